The van der Waals surface area contributed by atoms with Crippen molar-refractivity contribution < 1.29 is 9.53 Å². The van der Waals surface area contributed by atoms with Gasteiger partial charge in [-0.3, -0.25) is 4.79 Å². The molecule has 1 amide bonds. The van der Waals surface area contributed by atoms with E-state index in [9.17, 15) is 4.79 Å². The van der Waals surface area contributed by atoms with Crippen molar-refractivity contribution in [3.8, 4) is 0 Å². The van der Waals surface area contributed by atoms with Crippen LogP contribution < -0.4 is 11.1 Å². The van der Waals surface area contributed by atoms with E-state index in [4.69, 9.17) is 10.5 Å². The Morgan fingerprint density at radius 1 is 1.45 bits per heavy atom. The molecule has 0 saturated carbocycles. The molecule has 1 aliphatic rings. The monoisotopic (exact) mass is 276 g/mol. The second-order valence-electron chi connectivity index (χ2n) is 5.48. The number of hydrogen-bond donors (Lipinski definition) is 2. The van der Waals surface area contributed by atoms with Crippen LogP contribution in [0.25, 0.3) is 0 Å². The minimum atomic E-state index is -0.459. The van der Waals surface area contributed by atoms with Gasteiger partial charge in [-0.25, -0.2) is 0 Å². The van der Waals surface area contributed by atoms with Crippen LogP contribution in [0.15, 0.2) is 30.3 Å². The van der Waals surface area contributed by atoms with Gasteiger partial charge in [-0.2, -0.15) is 0 Å². The molecule has 1 aromatic rings. The number of amides is 1. The van der Waals surface area contributed by atoms with Crippen LogP contribution in [0.4, 0.5) is 0 Å². The molecule has 110 valence electrons. The fraction of sp³-hybridized carbons (Fsp3) is 0.562. The molecule has 3 unspecified atom stereocenters. The van der Waals surface area contributed by atoms with E-state index in [-0.39, 0.29) is 18.1 Å². The number of rotatable bonds is 6. The first-order valence-electron chi connectivity index (χ1n) is 7.38. The highest BCUT2D eigenvalue weighted by Gasteiger charge is 2.25. The van der Waals surface area contributed by atoms with Gasteiger partial charge in [0.25, 0.3) is 0 Å². The van der Waals surface area contributed by atoms with Crippen molar-refractivity contribution in [1.82, 2.24) is 5.32 Å². The Bertz CT molecular complexity index is 416. The summed E-state index contributed by atoms with van der Waals surface area (Å²) in [5.74, 6) is -0.0797. The van der Waals surface area contributed by atoms with Crippen LogP contribution in [0, 0.1) is 0 Å². The van der Waals surface area contributed by atoms with E-state index in [0.717, 1.165) is 25.9 Å². The molecule has 4 nitrogen and oxygen atoms in total. The second kappa shape index (κ2) is 7.41. The molecule has 1 fully saturated rings. The highest BCUT2D eigenvalue weighted by Crippen LogP contribution is 2.15. The lowest BCUT2D eigenvalue weighted by atomic mass is 10.0. The molecule has 4 heteroatoms. The maximum Gasteiger partial charge on any atom is 0.237 e. The first kappa shape index (κ1) is 15.0. The van der Waals surface area contributed by atoms with E-state index in [1.807, 2.05) is 25.1 Å². The molecule has 2 rings (SSSR count). The SMILES string of the molecule is CC(NC(=O)C(N)CCc1ccccc1)C1CCCO1. The van der Waals surface area contributed by atoms with E-state index in [1.54, 1.807) is 0 Å². The van der Waals surface area contributed by atoms with Crippen molar-refractivity contribution in [2.45, 2.75) is 50.8 Å². The van der Waals surface area contributed by atoms with Gasteiger partial charge in [-0.15, -0.1) is 0 Å². The Labute approximate surface area is 120 Å². The van der Waals surface area contributed by atoms with E-state index in [2.05, 4.69) is 17.4 Å². The Balaban J connectivity index is 1.74. The lowest BCUT2D eigenvalue weighted by Crippen LogP contribution is -2.48. The molecular formula is C16H24N2O2. The lowest BCUT2D eigenvalue weighted by Gasteiger charge is -2.22. The zero-order chi connectivity index (χ0) is 14.4. The molecule has 20 heavy (non-hydrogen) atoms. The first-order chi connectivity index (χ1) is 9.66. The Morgan fingerprint density at radius 3 is 2.85 bits per heavy atom. The Morgan fingerprint density at radius 2 is 2.20 bits per heavy atom. The van der Waals surface area contributed by atoms with Crippen molar-refractivity contribution in [2.75, 3.05) is 6.61 Å². The van der Waals surface area contributed by atoms with Gasteiger partial charge in [0.2, 0.25) is 5.91 Å². The Hall–Kier alpha value is -1.39. The van der Waals surface area contributed by atoms with Crippen molar-refractivity contribution in [1.29, 1.82) is 0 Å². The molecule has 1 aliphatic heterocycles. The van der Waals surface area contributed by atoms with Gasteiger partial charge in [-0.05, 0) is 38.2 Å². The highest BCUT2D eigenvalue weighted by molar-refractivity contribution is 5.81. The average molecular weight is 276 g/mol. The maximum atomic E-state index is 12.0. The van der Waals surface area contributed by atoms with Crippen LogP contribution >= 0.6 is 0 Å². The number of carbonyl (C=O) groups is 1. The smallest absolute Gasteiger partial charge is 0.237 e. The minimum Gasteiger partial charge on any atom is -0.376 e. The summed E-state index contributed by atoms with van der Waals surface area (Å²) < 4.78 is 5.57. The van der Waals surface area contributed by atoms with Crippen molar-refractivity contribution in [2.24, 2.45) is 5.73 Å². The summed E-state index contributed by atoms with van der Waals surface area (Å²) in [4.78, 5) is 12.0. The van der Waals surface area contributed by atoms with Crippen LogP contribution in [0.3, 0.4) is 0 Å². The second-order valence-corrected chi connectivity index (χ2v) is 5.48. The van der Waals surface area contributed by atoms with Gasteiger partial charge in [0.05, 0.1) is 18.2 Å². The molecule has 1 heterocycles. The molecule has 0 bridgehead atoms. The number of nitrogens with two attached hydrogens (primary N) is 1. The molecule has 1 saturated heterocycles. The molecule has 1 aromatic carbocycles. The zero-order valence-corrected chi connectivity index (χ0v) is 12.0. The quantitative estimate of drug-likeness (QED) is 0.830. The van der Waals surface area contributed by atoms with E-state index in [0.29, 0.717) is 6.42 Å². The van der Waals surface area contributed by atoms with Crippen molar-refractivity contribution >= 4 is 5.91 Å². The zero-order valence-electron chi connectivity index (χ0n) is 12.0. The van der Waals surface area contributed by atoms with Gasteiger partial charge in [0.1, 0.15) is 0 Å². The van der Waals surface area contributed by atoms with Crippen LogP contribution in [-0.4, -0.2) is 30.7 Å². The third kappa shape index (κ3) is 4.32. The van der Waals surface area contributed by atoms with Crippen molar-refractivity contribution in [3.05, 3.63) is 35.9 Å². The summed E-state index contributed by atoms with van der Waals surface area (Å²) in [6.07, 6.45) is 3.71. The maximum absolute atomic E-state index is 12.0. The highest BCUT2D eigenvalue weighted by atomic mass is 16.5. The summed E-state index contributed by atoms with van der Waals surface area (Å²) in [6.45, 7) is 2.78. The van der Waals surface area contributed by atoms with Crippen LogP contribution in [0.1, 0.15) is 31.7 Å². The van der Waals surface area contributed by atoms with E-state index >= 15 is 0 Å². The normalized spacial score (nSPS) is 21.4. The van der Waals surface area contributed by atoms with E-state index < -0.39 is 6.04 Å². The topological polar surface area (TPSA) is 64.4 Å². The van der Waals surface area contributed by atoms with Gasteiger partial charge in [0, 0.05) is 6.61 Å². The molecule has 0 aliphatic carbocycles. The third-order valence-corrected chi connectivity index (χ3v) is 3.82. The van der Waals surface area contributed by atoms with E-state index in [1.165, 1.54) is 5.56 Å². The number of hydrogen-bond acceptors (Lipinski definition) is 3. The number of benzene rings is 1. The number of carbonyl (C=O) groups excluding carboxylic acids is 1. The van der Waals surface area contributed by atoms with Gasteiger partial charge in [0.15, 0.2) is 0 Å². The average Bonchev–Trinajstić information content (AvgIpc) is 3.00. The summed E-state index contributed by atoms with van der Waals surface area (Å²) in [5.41, 5.74) is 7.17. The molecule has 0 radical (unpaired) electrons. The third-order valence-electron chi connectivity index (χ3n) is 3.82. The molecule has 3 atom stereocenters. The van der Waals surface area contributed by atoms with Crippen LogP contribution in [0.2, 0.25) is 0 Å². The van der Waals surface area contributed by atoms with Gasteiger partial charge < -0.3 is 15.8 Å². The summed E-state index contributed by atoms with van der Waals surface area (Å²) >= 11 is 0. The number of aryl methyl sites for hydroxylation is 1. The summed E-state index contributed by atoms with van der Waals surface area (Å²) in [7, 11) is 0. The van der Waals surface area contributed by atoms with Gasteiger partial charge in [-0.1, -0.05) is 30.3 Å². The molecular weight excluding hydrogens is 252 g/mol. The Kier molecular flexibility index (Phi) is 5.56. The fourth-order valence-corrected chi connectivity index (χ4v) is 2.52. The molecule has 3 N–H and O–H groups in total. The van der Waals surface area contributed by atoms with Crippen LogP contribution in [-0.2, 0) is 16.0 Å². The molecule has 0 aromatic heterocycles. The predicted octanol–water partition coefficient (Wildman–Crippen LogP) is 1.63. The number of nitrogens with one attached hydrogen (secondary N) is 1. The number of ether oxygens (including phenoxy) is 1. The first-order valence-corrected chi connectivity index (χ1v) is 7.38. The largest absolute Gasteiger partial charge is 0.376 e. The van der Waals surface area contributed by atoms with Gasteiger partial charge >= 0.3 is 0 Å². The fourth-order valence-electron chi connectivity index (χ4n) is 2.52. The summed E-state index contributed by atoms with van der Waals surface area (Å²) in [5, 5.41) is 2.97. The van der Waals surface area contributed by atoms with Crippen molar-refractivity contribution in [3.63, 3.8) is 0 Å². The predicted molar refractivity (Wildman–Crippen MR) is 79.3 cm³/mol. The van der Waals surface area contributed by atoms with Crippen LogP contribution in [0.5, 0.6) is 0 Å². The summed E-state index contributed by atoms with van der Waals surface area (Å²) in [6, 6.07) is 9.67. The minimum absolute atomic E-state index is 0.0350. The standard InChI is InChI=1S/C16H24N2O2/c1-12(15-8-5-11-20-15)18-16(19)14(17)10-9-13-6-3-2-4-7-13/h2-4,6-7,12,14-15H,5,8-11,17H2,1H3,(H,18,19). The molecule has 0 spiro atoms. The lowest BCUT2D eigenvalue weighted by molar-refractivity contribution is -0.124.